The van der Waals surface area contributed by atoms with Crippen molar-refractivity contribution in [3.63, 3.8) is 0 Å². The molecule has 0 bridgehead atoms. The summed E-state index contributed by atoms with van der Waals surface area (Å²) in [6.07, 6.45) is 2.24. The smallest absolute Gasteiger partial charge is 0.226 e. The second-order valence-electron chi connectivity index (χ2n) is 6.33. The van der Waals surface area contributed by atoms with E-state index in [0.29, 0.717) is 44.0 Å². The zero-order valence-electron chi connectivity index (χ0n) is 15.7. The zero-order chi connectivity index (χ0) is 18.9. The average Bonchev–Trinajstić information content (AvgIpc) is 2.66. The fraction of sp³-hybridized carbons (Fsp3) is 0.579. The maximum atomic E-state index is 12.5. The first-order valence-electron chi connectivity index (χ1n) is 8.84. The molecule has 2 rings (SSSR count). The standard InChI is InChI=1S/C19H28N2O5/c1-24-11-8-18(22)20-15-6-9-21(10-7-15)19(23)13-14-4-5-16(25-2)17(12-14)26-3/h4-5,12,15H,6-11,13H2,1-3H3,(H,20,22). The number of hydrogen-bond acceptors (Lipinski definition) is 5. The van der Waals surface area contributed by atoms with Gasteiger partial charge in [-0.25, -0.2) is 0 Å². The van der Waals surface area contributed by atoms with Crippen molar-refractivity contribution < 1.29 is 23.8 Å². The summed E-state index contributed by atoms with van der Waals surface area (Å²) in [5.74, 6) is 1.35. The molecular weight excluding hydrogens is 336 g/mol. The van der Waals surface area contributed by atoms with Crippen LogP contribution in [0.15, 0.2) is 18.2 Å². The third kappa shape index (κ3) is 5.62. The number of carbonyl (C=O) groups is 2. The van der Waals surface area contributed by atoms with Crippen LogP contribution in [0.25, 0.3) is 0 Å². The predicted octanol–water partition coefficient (Wildman–Crippen LogP) is 1.39. The number of rotatable bonds is 8. The van der Waals surface area contributed by atoms with Gasteiger partial charge in [0.15, 0.2) is 11.5 Å². The Morgan fingerprint density at radius 2 is 1.81 bits per heavy atom. The predicted molar refractivity (Wildman–Crippen MR) is 97.5 cm³/mol. The van der Waals surface area contributed by atoms with Crippen molar-refractivity contribution in [1.82, 2.24) is 10.2 Å². The summed E-state index contributed by atoms with van der Waals surface area (Å²) in [7, 11) is 4.74. The maximum absolute atomic E-state index is 12.5. The summed E-state index contributed by atoms with van der Waals surface area (Å²) in [5, 5.41) is 3.00. The SMILES string of the molecule is COCCC(=O)NC1CCN(C(=O)Cc2ccc(OC)c(OC)c2)CC1. The van der Waals surface area contributed by atoms with Gasteiger partial charge in [0.25, 0.3) is 0 Å². The lowest BCUT2D eigenvalue weighted by molar-refractivity contribution is -0.131. The van der Waals surface area contributed by atoms with Gasteiger partial charge in [0.2, 0.25) is 11.8 Å². The van der Waals surface area contributed by atoms with Gasteiger partial charge in [0, 0.05) is 32.7 Å². The second kappa shape index (κ2) is 10.0. The highest BCUT2D eigenvalue weighted by Gasteiger charge is 2.24. The van der Waals surface area contributed by atoms with Gasteiger partial charge in [-0.05, 0) is 30.5 Å². The van der Waals surface area contributed by atoms with Crippen molar-refractivity contribution in [2.45, 2.75) is 31.7 Å². The van der Waals surface area contributed by atoms with Crippen LogP contribution >= 0.6 is 0 Å². The van der Waals surface area contributed by atoms with Gasteiger partial charge in [-0.3, -0.25) is 9.59 Å². The zero-order valence-corrected chi connectivity index (χ0v) is 15.7. The molecule has 0 radical (unpaired) electrons. The van der Waals surface area contributed by atoms with Crippen molar-refractivity contribution >= 4 is 11.8 Å². The van der Waals surface area contributed by atoms with Crippen LogP contribution in [0.3, 0.4) is 0 Å². The third-order valence-corrected chi connectivity index (χ3v) is 4.55. The highest BCUT2D eigenvalue weighted by atomic mass is 16.5. The van der Waals surface area contributed by atoms with Crippen LogP contribution in [0.5, 0.6) is 11.5 Å². The van der Waals surface area contributed by atoms with E-state index in [0.717, 1.165) is 18.4 Å². The van der Waals surface area contributed by atoms with E-state index < -0.39 is 0 Å². The number of methoxy groups -OCH3 is 3. The topological polar surface area (TPSA) is 77.1 Å². The molecule has 0 aliphatic carbocycles. The second-order valence-corrected chi connectivity index (χ2v) is 6.33. The van der Waals surface area contributed by atoms with Crippen molar-refractivity contribution in [3.05, 3.63) is 23.8 Å². The highest BCUT2D eigenvalue weighted by molar-refractivity contribution is 5.79. The molecule has 1 aromatic rings. The molecule has 7 heteroatoms. The van der Waals surface area contributed by atoms with E-state index in [1.165, 1.54) is 0 Å². The lowest BCUT2D eigenvalue weighted by atomic mass is 10.0. The van der Waals surface area contributed by atoms with Gasteiger partial charge in [-0.1, -0.05) is 6.07 Å². The van der Waals surface area contributed by atoms with Crippen molar-refractivity contribution in [2.24, 2.45) is 0 Å². The molecule has 0 saturated carbocycles. The summed E-state index contributed by atoms with van der Waals surface area (Å²) < 4.78 is 15.4. The highest BCUT2D eigenvalue weighted by Crippen LogP contribution is 2.28. The van der Waals surface area contributed by atoms with E-state index >= 15 is 0 Å². The summed E-state index contributed by atoms with van der Waals surface area (Å²) >= 11 is 0. The molecule has 0 unspecified atom stereocenters. The van der Waals surface area contributed by atoms with Gasteiger partial charge < -0.3 is 24.4 Å². The fourth-order valence-corrected chi connectivity index (χ4v) is 3.04. The first-order valence-corrected chi connectivity index (χ1v) is 8.84. The summed E-state index contributed by atoms with van der Waals surface area (Å²) in [4.78, 5) is 26.1. The van der Waals surface area contributed by atoms with E-state index in [4.69, 9.17) is 14.2 Å². The molecule has 1 fully saturated rings. The van der Waals surface area contributed by atoms with Crippen LogP contribution in [-0.2, 0) is 20.7 Å². The van der Waals surface area contributed by atoms with Gasteiger partial charge in [-0.15, -0.1) is 0 Å². The number of likely N-dealkylation sites (tertiary alicyclic amines) is 1. The number of nitrogens with zero attached hydrogens (tertiary/aromatic N) is 1. The summed E-state index contributed by atoms with van der Waals surface area (Å²) in [5.41, 5.74) is 0.891. The number of piperidine rings is 1. The number of carbonyl (C=O) groups excluding carboxylic acids is 2. The number of nitrogens with one attached hydrogen (secondary N) is 1. The Morgan fingerprint density at radius 1 is 1.12 bits per heavy atom. The molecule has 26 heavy (non-hydrogen) atoms. The molecule has 0 aromatic heterocycles. The molecule has 1 saturated heterocycles. The minimum atomic E-state index is 0.00181. The van der Waals surface area contributed by atoms with Gasteiger partial charge in [-0.2, -0.15) is 0 Å². The Morgan fingerprint density at radius 3 is 2.42 bits per heavy atom. The molecule has 144 valence electrons. The largest absolute Gasteiger partial charge is 0.493 e. The molecule has 1 aliphatic rings. The number of hydrogen-bond donors (Lipinski definition) is 1. The van der Waals surface area contributed by atoms with Crippen LogP contribution in [0.1, 0.15) is 24.8 Å². The van der Waals surface area contributed by atoms with Crippen molar-refractivity contribution in [3.8, 4) is 11.5 Å². The van der Waals surface area contributed by atoms with Crippen LogP contribution in [-0.4, -0.2) is 63.8 Å². The number of ether oxygens (including phenoxy) is 3. The van der Waals surface area contributed by atoms with E-state index in [9.17, 15) is 9.59 Å². The van der Waals surface area contributed by atoms with E-state index in [2.05, 4.69) is 5.32 Å². The summed E-state index contributed by atoms with van der Waals surface area (Å²) in [6.45, 7) is 1.73. The van der Waals surface area contributed by atoms with Crippen molar-refractivity contribution in [1.29, 1.82) is 0 Å². The maximum Gasteiger partial charge on any atom is 0.226 e. The molecular formula is C19H28N2O5. The Bertz CT molecular complexity index is 612. The van der Waals surface area contributed by atoms with Gasteiger partial charge in [0.05, 0.1) is 27.2 Å². The monoisotopic (exact) mass is 364 g/mol. The minimum absolute atomic E-state index is 0.00181. The Kier molecular flexibility index (Phi) is 7.72. The molecule has 1 aromatic carbocycles. The molecule has 0 spiro atoms. The normalized spacial score (nSPS) is 14.8. The molecule has 2 amide bonds. The lowest BCUT2D eigenvalue weighted by Crippen LogP contribution is -2.47. The first kappa shape index (κ1) is 20.0. The number of benzene rings is 1. The molecule has 0 atom stereocenters. The summed E-state index contributed by atoms with van der Waals surface area (Å²) in [6, 6.07) is 5.65. The molecule has 1 N–H and O–H groups in total. The quantitative estimate of drug-likeness (QED) is 0.754. The average molecular weight is 364 g/mol. The first-order chi connectivity index (χ1) is 12.6. The fourth-order valence-electron chi connectivity index (χ4n) is 3.04. The van der Waals surface area contributed by atoms with Crippen molar-refractivity contribution in [2.75, 3.05) is 41.0 Å². The van der Waals surface area contributed by atoms with Crippen LogP contribution < -0.4 is 14.8 Å². The van der Waals surface area contributed by atoms with Crippen LogP contribution in [0.4, 0.5) is 0 Å². The van der Waals surface area contributed by atoms with E-state index in [1.807, 2.05) is 23.1 Å². The Labute approximate surface area is 154 Å². The van der Waals surface area contributed by atoms with E-state index in [1.54, 1.807) is 21.3 Å². The van der Waals surface area contributed by atoms with Crippen LogP contribution in [0.2, 0.25) is 0 Å². The van der Waals surface area contributed by atoms with Gasteiger partial charge in [0.1, 0.15) is 0 Å². The third-order valence-electron chi connectivity index (χ3n) is 4.55. The Hall–Kier alpha value is -2.28. The van der Waals surface area contributed by atoms with Crippen LogP contribution in [0, 0.1) is 0 Å². The Balaban J connectivity index is 1.82. The minimum Gasteiger partial charge on any atom is -0.493 e. The van der Waals surface area contributed by atoms with E-state index in [-0.39, 0.29) is 17.9 Å². The molecule has 1 heterocycles. The lowest BCUT2D eigenvalue weighted by Gasteiger charge is -2.32. The van der Waals surface area contributed by atoms with Gasteiger partial charge >= 0.3 is 0 Å². The molecule has 1 aliphatic heterocycles. The molecule has 7 nitrogen and oxygen atoms in total. The number of amides is 2.